The Morgan fingerprint density at radius 3 is 2.81 bits per heavy atom. The van der Waals surface area contributed by atoms with Crippen LogP contribution in [0, 0.1) is 6.92 Å². The van der Waals surface area contributed by atoms with Gasteiger partial charge in [-0.05, 0) is 43.9 Å². The van der Waals surface area contributed by atoms with E-state index in [0.29, 0.717) is 6.04 Å². The molecular formula is C12H21N3S. The van der Waals surface area contributed by atoms with E-state index < -0.39 is 0 Å². The molecule has 0 spiro atoms. The summed E-state index contributed by atoms with van der Waals surface area (Å²) >= 11 is 1.88. The highest BCUT2D eigenvalue weighted by Crippen LogP contribution is 2.20. The zero-order valence-corrected chi connectivity index (χ0v) is 11.3. The summed E-state index contributed by atoms with van der Waals surface area (Å²) in [6.45, 7) is 4.28. The summed E-state index contributed by atoms with van der Waals surface area (Å²) in [5, 5.41) is 0. The van der Waals surface area contributed by atoms with E-state index in [1.807, 2.05) is 17.8 Å². The molecule has 1 atom stereocenters. The first kappa shape index (κ1) is 13.2. The van der Waals surface area contributed by atoms with Crippen LogP contribution in [0.5, 0.6) is 0 Å². The molecule has 1 unspecified atom stereocenters. The van der Waals surface area contributed by atoms with Gasteiger partial charge in [0.2, 0.25) is 0 Å². The van der Waals surface area contributed by atoms with Crippen LogP contribution in [-0.4, -0.2) is 30.1 Å². The van der Waals surface area contributed by atoms with Gasteiger partial charge in [-0.1, -0.05) is 0 Å². The van der Waals surface area contributed by atoms with Crippen LogP contribution in [0.15, 0.2) is 12.3 Å². The quantitative estimate of drug-likeness (QED) is 0.857. The number of nitrogens with two attached hydrogens (primary N) is 1. The van der Waals surface area contributed by atoms with E-state index >= 15 is 0 Å². The summed E-state index contributed by atoms with van der Waals surface area (Å²) in [6, 6.07) is 2.47. The van der Waals surface area contributed by atoms with Crippen molar-refractivity contribution < 1.29 is 0 Å². The highest BCUT2D eigenvalue weighted by atomic mass is 32.2. The Bertz CT molecular complexity index is 341. The molecule has 0 saturated carbocycles. The number of aromatic nitrogens is 1. The van der Waals surface area contributed by atoms with E-state index in [-0.39, 0.29) is 0 Å². The molecule has 1 aromatic heterocycles. The maximum atomic E-state index is 5.70. The van der Waals surface area contributed by atoms with Gasteiger partial charge in [-0.25, -0.2) is 4.98 Å². The molecular weight excluding hydrogens is 218 g/mol. The first-order valence-electron chi connectivity index (χ1n) is 5.50. The van der Waals surface area contributed by atoms with Gasteiger partial charge in [0.1, 0.15) is 5.82 Å². The number of hydrogen-bond donors (Lipinski definition) is 1. The van der Waals surface area contributed by atoms with E-state index in [1.54, 1.807) is 6.20 Å². The van der Waals surface area contributed by atoms with Gasteiger partial charge in [-0.3, -0.25) is 0 Å². The standard InChI is InChI=1S/C12H21N3S/c1-9-7-11(13)8-14-12(9)15(3)10(2)5-6-16-4/h7-8,10H,5-6,13H2,1-4H3. The van der Waals surface area contributed by atoms with Crippen molar-refractivity contribution in [3.63, 3.8) is 0 Å². The molecule has 0 fully saturated rings. The van der Waals surface area contributed by atoms with Crippen LogP contribution in [0.2, 0.25) is 0 Å². The van der Waals surface area contributed by atoms with Crippen LogP contribution in [-0.2, 0) is 0 Å². The first-order valence-corrected chi connectivity index (χ1v) is 6.89. The number of anilines is 2. The van der Waals surface area contributed by atoms with Crippen LogP contribution in [0.1, 0.15) is 18.9 Å². The lowest BCUT2D eigenvalue weighted by Crippen LogP contribution is -2.30. The van der Waals surface area contributed by atoms with Gasteiger partial charge in [-0.2, -0.15) is 11.8 Å². The van der Waals surface area contributed by atoms with E-state index in [2.05, 4.69) is 37.0 Å². The van der Waals surface area contributed by atoms with Gasteiger partial charge >= 0.3 is 0 Å². The van der Waals surface area contributed by atoms with E-state index in [9.17, 15) is 0 Å². The maximum Gasteiger partial charge on any atom is 0.131 e. The first-order chi connectivity index (χ1) is 7.56. The molecule has 0 aliphatic heterocycles. The third-order valence-electron chi connectivity index (χ3n) is 2.81. The van der Waals surface area contributed by atoms with Gasteiger partial charge in [-0.15, -0.1) is 0 Å². The molecule has 0 amide bonds. The zero-order valence-electron chi connectivity index (χ0n) is 10.5. The average Bonchev–Trinajstić information content (AvgIpc) is 2.25. The van der Waals surface area contributed by atoms with Crippen molar-refractivity contribution in [1.82, 2.24) is 4.98 Å². The maximum absolute atomic E-state index is 5.70. The van der Waals surface area contributed by atoms with E-state index in [0.717, 1.165) is 17.1 Å². The minimum Gasteiger partial charge on any atom is -0.397 e. The van der Waals surface area contributed by atoms with Crippen LogP contribution >= 0.6 is 11.8 Å². The Morgan fingerprint density at radius 1 is 1.56 bits per heavy atom. The highest BCUT2D eigenvalue weighted by molar-refractivity contribution is 7.98. The van der Waals surface area contributed by atoms with Gasteiger partial charge in [0.05, 0.1) is 11.9 Å². The van der Waals surface area contributed by atoms with Crippen LogP contribution < -0.4 is 10.6 Å². The average molecular weight is 239 g/mol. The number of pyridine rings is 1. The molecule has 90 valence electrons. The summed E-state index contributed by atoms with van der Waals surface area (Å²) in [7, 11) is 2.09. The van der Waals surface area contributed by atoms with Crippen LogP contribution in [0.4, 0.5) is 11.5 Å². The van der Waals surface area contributed by atoms with Crippen molar-refractivity contribution in [2.75, 3.05) is 29.7 Å². The summed E-state index contributed by atoms with van der Waals surface area (Å²) in [5.41, 5.74) is 7.57. The minimum atomic E-state index is 0.502. The number of aryl methyl sites for hydroxylation is 1. The third-order valence-corrected chi connectivity index (χ3v) is 3.45. The summed E-state index contributed by atoms with van der Waals surface area (Å²) in [4.78, 5) is 6.63. The fourth-order valence-corrected chi connectivity index (χ4v) is 2.23. The summed E-state index contributed by atoms with van der Waals surface area (Å²) in [5.74, 6) is 2.21. The van der Waals surface area contributed by atoms with Crippen molar-refractivity contribution in [3.05, 3.63) is 17.8 Å². The Kier molecular flexibility index (Phi) is 4.93. The molecule has 0 radical (unpaired) electrons. The minimum absolute atomic E-state index is 0.502. The molecule has 1 heterocycles. The molecule has 0 aliphatic carbocycles. The van der Waals surface area contributed by atoms with Crippen LogP contribution in [0.3, 0.4) is 0 Å². The van der Waals surface area contributed by atoms with Crippen molar-refractivity contribution >= 4 is 23.3 Å². The zero-order chi connectivity index (χ0) is 12.1. The van der Waals surface area contributed by atoms with Crippen molar-refractivity contribution in [1.29, 1.82) is 0 Å². The second-order valence-corrected chi connectivity index (χ2v) is 5.14. The second kappa shape index (κ2) is 5.99. The molecule has 3 nitrogen and oxygen atoms in total. The van der Waals surface area contributed by atoms with Gasteiger partial charge in [0.25, 0.3) is 0 Å². The Labute approximate surface area is 102 Å². The second-order valence-electron chi connectivity index (χ2n) is 4.15. The monoisotopic (exact) mass is 239 g/mol. The third kappa shape index (κ3) is 3.30. The molecule has 4 heteroatoms. The lowest BCUT2D eigenvalue weighted by Gasteiger charge is -2.27. The Morgan fingerprint density at radius 2 is 2.25 bits per heavy atom. The van der Waals surface area contributed by atoms with Crippen LogP contribution in [0.25, 0.3) is 0 Å². The normalized spacial score (nSPS) is 12.5. The SMILES string of the molecule is CSCCC(C)N(C)c1ncc(N)cc1C. The predicted molar refractivity (Wildman–Crippen MR) is 74.3 cm³/mol. The lowest BCUT2D eigenvalue weighted by molar-refractivity contribution is 0.660. The largest absolute Gasteiger partial charge is 0.397 e. The van der Waals surface area contributed by atoms with Crippen molar-refractivity contribution in [2.24, 2.45) is 0 Å². The number of nitrogen functional groups attached to an aromatic ring is 1. The highest BCUT2D eigenvalue weighted by Gasteiger charge is 2.12. The van der Waals surface area contributed by atoms with E-state index in [4.69, 9.17) is 5.73 Å². The predicted octanol–water partition coefficient (Wildman–Crippen LogP) is 2.55. The van der Waals surface area contributed by atoms with Gasteiger partial charge in [0.15, 0.2) is 0 Å². The molecule has 1 aromatic rings. The summed E-state index contributed by atoms with van der Waals surface area (Å²) < 4.78 is 0. The molecule has 16 heavy (non-hydrogen) atoms. The molecule has 0 aliphatic rings. The topological polar surface area (TPSA) is 42.2 Å². The summed E-state index contributed by atoms with van der Waals surface area (Å²) in [6.07, 6.45) is 5.03. The smallest absolute Gasteiger partial charge is 0.131 e. The number of rotatable bonds is 5. The Balaban J connectivity index is 2.75. The lowest BCUT2D eigenvalue weighted by atomic mass is 10.2. The fourth-order valence-electron chi connectivity index (χ4n) is 1.65. The number of thioether (sulfide) groups is 1. The van der Waals surface area contributed by atoms with E-state index in [1.165, 1.54) is 12.2 Å². The number of hydrogen-bond acceptors (Lipinski definition) is 4. The van der Waals surface area contributed by atoms with Gasteiger partial charge < -0.3 is 10.6 Å². The van der Waals surface area contributed by atoms with Gasteiger partial charge in [0, 0.05) is 13.1 Å². The van der Waals surface area contributed by atoms with Crippen molar-refractivity contribution in [3.8, 4) is 0 Å². The molecule has 2 N–H and O–H groups in total. The molecule has 0 bridgehead atoms. The molecule has 0 aromatic carbocycles. The number of nitrogens with zero attached hydrogens (tertiary/aromatic N) is 2. The van der Waals surface area contributed by atoms with Crippen molar-refractivity contribution in [2.45, 2.75) is 26.3 Å². The Hall–Kier alpha value is -0.900. The fraction of sp³-hybridized carbons (Fsp3) is 0.583. The molecule has 1 rings (SSSR count). The molecule has 0 saturated heterocycles.